The SMILES string of the molecule is CC(O)c1ccc(-c2cnc3[nH]cc(C#N)c3c2)cc1. The summed E-state index contributed by atoms with van der Waals surface area (Å²) >= 11 is 0. The van der Waals surface area contributed by atoms with E-state index >= 15 is 0 Å². The topological polar surface area (TPSA) is 72.7 Å². The minimum absolute atomic E-state index is 0.473. The molecule has 0 fully saturated rings. The first-order chi connectivity index (χ1) is 9.69. The Balaban J connectivity index is 2.07. The number of hydrogen-bond acceptors (Lipinski definition) is 3. The van der Waals surface area contributed by atoms with Crippen molar-refractivity contribution in [3.05, 3.63) is 53.9 Å². The Morgan fingerprint density at radius 2 is 2.00 bits per heavy atom. The van der Waals surface area contributed by atoms with Gasteiger partial charge < -0.3 is 10.1 Å². The van der Waals surface area contributed by atoms with E-state index in [1.54, 1.807) is 19.3 Å². The first kappa shape index (κ1) is 12.4. The van der Waals surface area contributed by atoms with E-state index < -0.39 is 6.10 Å². The van der Waals surface area contributed by atoms with Crippen molar-refractivity contribution < 1.29 is 5.11 Å². The molecule has 4 nitrogen and oxygen atoms in total. The molecule has 2 heterocycles. The number of nitriles is 1. The average Bonchev–Trinajstić information content (AvgIpc) is 2.89. The lowest BCUT2D eigenvalue weighted by atomic mass is 10.0. The Morgan fingerprint density at radius 3 is 2.65 bits per heavy atom. The molecule has 0 saturated carbocycles. The van der Waals surface area contributed by atoms with Gasteiger partial charge in [-0.3, -0.25) is 0 Å². The van der Waals surface area contributed by atoms with Crippen LogP contribution in [0.25, 0.3) is 22.2 Å². The zero-order valence-corrected chi connectivity index (χ0v) is 11.0. The number of aromatic amines is 1. The molecule has 20 heavy (non-hydrogen) atoms. The molecular formula is C16H13N3O. The number of aliphatic hydroxyl groups excluding tert-OH is 1. The van der Waals surface area contributed by atoms with Crippen LogP contribution in [0.1, 0.15) is 24.2 Å². The molecule has 0 amide bonds. The molecule has 0 aliphatic carbocycles. The Hall–Kier alpha value is -2.64. The van der Waals surface area contributed by atoms with Crippen LogP contribution in [0.3, 0.4) is 0 Å². The van der Waals surface area contributed by atoms with Gasteiger partial charge in [0.25, 0.3) is 0 Å². The predicted molar refractivity (Wildman–Crippen MR) is 76.9 cm³/mol. The highest BCUT2D eigenvalue weighted by atomic mass is 16.3. The van der Waals surface area contributed by atoms with Crippen molar-refractivity contribution in [2.45, 2.75) is 13.0 Å². The van der Waals surface area contributed by atoms with Crippen molar-refractivity contribution in [2.24, 2.45) is 0 Å². The molecule has 0 bridgehead atoms. The van der Waals surface area contributed by atoms with E-state index in [9.17, 15) is 5.11 Å². The second-order valence-corrected chi connectivity index (χ2v) is 4.73. The zero-order chi connectivity index (χ0) is 14.1. The quantitative estimate of drug-likeness (QED) is 0.746. The van der Waals surface area contributed by atoms with Gasteiger partial charge in [-0.1, -0.05) is 24.3 Å². The Kier molecular flexibility index (Phi) is 2.97. The normalized spacial score (nSPS) is 12.2. The van der Waals surface area contributed by atoms with Crippen LogP contribution in [0, 0.1) is 11.3 Å². The lowest BCUT2D eigenvalue weighted by Crippen LogP contribution is -1.90. The van der Waals surface area contributed by atoms with Crippen LogP contribution in [-0.4, -0.2) is 15.1 Å². The van der Waals surface area contributed by atoms with E-state index in [1.165, 1.54) is 0 Å². The standard InChI is InChI=1S/C16H13N3O/c1-10(20)11-2-4-12(5-3-11)13-6-15-14(7-17)9-19-16(15)18-8-13/h2-6,8-10,20H,1H3,(H,18,19). The second-order valence-electron chi connectivity index (χ2n) is 4.73. The Morgan fingerprint density at radius 1 is 1.25 bits per heavy atom. The lowest BCUT2D eigenvalue weighted by Gasteiger charge is -2.06. The number of H-pyrrole nitrogens is 1. The second kappa shape index (κ2) is 4.80. The van der Waals surface area contributed by atoms with Gasteiger partial charge in [0.2, 0.25) is 0 Å². The number of pyridine rings is 1. The molecule has 0 radical (unpaired) electrons. The van der Waals surface area contributed by atoms with Crippen molar-refractivity contribution in [1.29, 1.82) is 5.26 Å². The van der Waals surface area contributed by atoms with Crippen molar-refractivity contribution >= 4 is 11.0 Å². The van der Waals surface area contributed by atoms with Crippen molar-refractivity contribution in [3.63, 3.8) is 0 Å². The fourth-order valence-electron chi connectivity index (χ4n) is 2.21. The summed E-state index contributed by atoms with van der Waals surface area (Å²) in [5.41, 5.74) is 4.14. The molecule has 2 aromatic heterocycles. The molecule has 4 heteroatoms. The van der Waals surface area contributed by atoms with Gasteiger partial charge in [-0.05, 0) is 24.1 Å². The van der Waals surface area contributed by atoms with Gasteiger partial charge in [-0.2, -0.15) is 5.26 Å². The third-order valence-corrected chi connectivity index (χ3v) is 3.38. The molecule has 0 aliphatic rings. The smallest absolute Gasteiger partial charge is 0.138 e. The Labute approximate surface area is 116 Å². The first-order valence-electron chi connectivity index (χ1n) is 6.34. The minimum atomic E-state index is -0.473. The molecule has 1 aromatic carbocycles. The maximum absolute atomic E-state index is 9.51. The van der Waals surface area contributed by atoms with E-state index in [1.807, 2.05) is 30.3 Å². The van der Waals surface area contributed by atoms with E-state index in [-0.39, 0.29) is 0 Å². The number of rotatable bonds is 2. The van der Waals surface area contributed by atoms with Gasteiger partial charge in [-0.25, -0.2) is 4.98 Å². The third-order valence-electron chi connectivity index (χ3n) is 3.38. The monoisotopic (exact) mass is 263 g/mol. The highest BCUT2D eigenvalue weighted by Gasteiger charge is 2.07. The number of nitrogens with zero attached hydrogens (tertiary/aromatic N) is 2. The van der Waals surface area contributed by atoms with Crippen molar-refractivity contribution in [3.8, 4) is 17.2 Å². The van der Waals surface area contributed by atoms with Crippen LogP contribution in [0.5, 0.6) is 0 Å². The first-order valence-corrected chi connectivity index (χ1v) is 6.34. The lowest BCUT2D eigenvalue weighted by molar-refractivity contribution is 0.199. The molecule has 2 N–H and O–H groups in total. The zero-order valence-electron chi connectivity index (χ0n) is 11.0. The Bertz CT molecular complexity index is 795. The summed E-state index contributed by atoms with van der Waals surface area (Å²) in [5.74, 6) is 0. The van der Waals surface area contributed by atoms with Gasteiger partial charge >= 0.3 is 0 Å². The van der Waals surface area contributed by atoms with E-state index in [0.29, 0.717) is 11.2 Å². The summed E-state index contributed by atoms with van der Waals surface area (Å²) < 4.78 is 0. The highest BCUT2D eigenvalue weighted by Crippen LogP contribution is 2.25. The van der Waals surface area contributed by atoms with Gasteiger partial charge in [0.15, 0.2) is 0 Å². The van der Waals surface area contributed by atoms with Crippen LogP contribution < -0.4 is 0 Å². The predicted octanol–water partition coefficient (Wildman–Crippen LogP) is 3.15. The molecule has 0 saturated heterocycles. The summed E-state index contributed by atoms with van der Waals surface area (Å²) in [5, 5.41) is 19.4. The van der Waals surface area contributed by atoms with Gasteiger partial charge in [0, 0.05) is 23.3 Å². The van der Waals surface area contributed by atoms with Crippen molar-refractivity contribution in [1.82, 2.24) is 9.97 Å². The van der Waals surface area contributed by atoms with Crippen LogP contribution in [-0.2, 0) is 0 Å². The largest absolute Gasteiger partial charge is 0.389 e. The summed E-state index contributed by atoms with van der Waals surface area (Å²) in [6, 6.07) is 11.8. The minimum Gasteiger partial charge on any atom is -0.389 e. The summed E-state index contributed by atoms with van der Waals surface area (Å²) in [4.78, 5) is 7.30. The van der Waals surface area contributed by atoms with Crippen LogP contribution in [0.4, 0.5) is 0 Å². The maximum Gasteiger partial charge on any atom is 0.138 e. The summed E-state index contributed by atoms with van der Waals surface area (Å²) in [6.45, 7) is 1.74. The number of fused-ring (bicyclic) bond motifs is 1. The number of hydrogen-bond donors (Lipinski definition) is 2. The summed E-state index contributed by atoms with van der Waals surface area (Å²) in [7, 11) is 0. The molecule has 3 rings (SSSR count). The molecule has 98 valence electrons. The van der Waals surface area contributed by atoms with Gasteiger partial charge in [-0.15, -0.1) is 0 Å². The molecule has 0 aliphatic heterocycles. The fraction of sp³-hybridized carbons (Fsp3) is 0.125. The molecule has 3 aromatic rings. The van der Waals surface area contributed by atoms with Crippen molar-refractivity contribution in [2.75, 3.05) is 0 Å². The molecule has 1 unspecified atom stereocenters. The van der Waals surface area contributed by atoms with Gasteiger partial charge in [0.1, 0.15) is 11.7 Å². The number of aliphatic hydroxyl groups is 1. The number of aromatic nitrogens is 2. The molecule has 0 spiro atoms. The van der Waals surface area contributed by atoms with Crippen LogP contribution >= 0.6 is 0 Å². The van der Waals surface area contributed by atoms with E-state index in [0.717, 1.165) is 22.1 Å². The van der Waals surface area contributed by atoms with E-state index in [4.69, 9.17) is 5.26 Å². The fourth-order valence-corrected chi connectivity index (χ4v) is 2.21. The van der Waals surface area contributed by atoms with Gasteiger partial charge in [0.05, 0.1) is 11.7 Å². The molecule has 1 atom stereocenters. The average molecular weight is 263 g/mol. The maximum atomic E-state index is 9.51. The third kappa shape index (κ3) is 2.04. The number of nitrogens with one attached hydrogen (secondary N) is 1. The van der Waals surface area contributed by atoms with Crippen LogP contribution in [0.2, 0.25) is 0 Å². The summed E-state index contributed by atoms with van der Waals surface area (Å²) in [6.07, 6.45) is 2.97. The molecular weight excluding hydrogens is 250 g/mol. The highest BCUT2D eigenvalue weighted by molar-refractivity contribution is 5.86. The van der Waals surface area contributed by atoms with E-state index in [2.05, 4.69) is 16.0 Å². The van der Waals surface area contributed by atoms with Crippen LogP contribution in [0.15, 0.2) is 42.7 Å². The number of benzene rings is 1.